The molecular weight excluding hydrogens is 687 g/mol. The predicted molar refractivity (Wildman–Crippen MR) is 213 cm³/mol. The minimum absolute atomic E-state index is 0.193. The normalized spacial score (nSPS) is 10.1. The molecule has 0 aliphatic carbocycles. The summed E-state index contributed by atoms with van der Waals surface area (Å²) < 4.78 is 10.00. The second-order valence-electron chi connectivity index (χ2n) is 11.5. The van der Waals surface area contributed by atoms with Crippen molar-refractivity contribution in [3.8, 4) is 23.7 Å². The first-order valence-electron chi connectivity index (χ1n) is 16.9. The van der Waals surface area contributed by atoms with Gasteiger partial charge in [0.25, 0.3) is 5.91 Å². The molecule has 1 N–H and O–H groups in total. The number of nitrogens with one attached hydrogen (secondary N) is 1. The van der Waals surface area contributed by atoms with Gasteiger partial charge in [0.1, 0.15) is 0 Å². The summed E-state index contributed by atoms with van der Waals surface area (Å²) in [6.45, 7) is 9.56. The van der Waals surface area contributed by atoms with Gasteiger partial charge in [-0.25, -0.2) is 9.59 Å². The summed E-state index contributed by atoms with van der Waals surface area (Å²) in [6.07, 6.45) is 5.90. The van der Waals surface area contributed by atoms with Gasteiger partial charge in [-0.05, 0) is 141 Å². The number of hydrogen-bond donors (Lipinski definition) is 1. The van der Waals surface area contributed by atoms with Gasteiger partial charge in [-0.15, -0.1) is 23.5 Å². The fraction of sp³-hybridized carbons (Fsp3) is 0.205. The van der Waals surface area contributed by atoms with Gasteiger partial charge < -0.3 is 14.8 Å². The lowest BCUT2D eigenvalue weighted by atomic mass is 10.1. The van der Waals surface area contributed by atoms with Crippen molar-refractivity contribution in [3.05, 3.63) is 150 Å². The summed E-state index contributed by atoms with van der Waals surface area (Å²) in [5.74, 6) is 13.7. The standard InChI is InChI=1S/C44H41NO5S2/c1-4-42(46)49-28-6-8-30-51-39-23-16-35(17-24-39)11-10-34-14-21-38(22-15-34)44(48)45-41-27-20-37(32-33(41)3)13-12-36-18-25-40(26-19-36)52-31-9-7-29-50-43(47)5-2/h4-5,14-27,32H,1-2,6-9,28-31H2,3H3,(H,45,48). The highest BCUT2D eigenvalue weighted by molar-refractivity contribution is 7.99. The number of benzene rings is 4. The zero-order chi connectivity index (χ0) is 37.0. The molecule has 0 unspecified atom stereocenters. The van der Waals surface area contributed by atoms with Crippen molar-refractivity contribution in [3.63, 3.8) is 0 Å². The monoisotopic (exact) mass is 727 g/mol. The van der Waals surface area contributed by atoms with Crippen LogP contribution >= 0.6 is 23.5 Å². The zero-order valence-electron chi connectivity index (χ0n) is 29.2. The van der Waals surface area contributed by atoms with Gasteiger partial charge in [0.2, 0.25) is 0 Å². The summed E-state index contributed by atoms with van der Waals surface area (Å²) in [7, 11) is 0. The second kappa shape index (κ2) is 21.7. The number of thioether (sulfide) groups is 2. The molecule has 0 atom stereocenters. The minimum atomic E-state index is -0.381. The molecular formula is C44H41NO5S2. The summed E-state index contributed by atoms with van der Waals surface area (Å²) in [5.41, 5.74) is 5.72. The number of unbranched alkanes of at least 4 members (excludes halogenated alkanes) is 2. The molecule has 0 aliphatic heterocycles. The van der Waals surface area contributed by atoms with Crippen molar-refractivity contribution < 1.29 is 23.9 Å². The van der Waals surface area contributed by atoms with Crippen LogP contribution in [-0.2, 0) is 19.1 Å². The van der Waals surface area contributed by atoms with Crippen LogP contribution in [0.1, 0.15) is 63.9 Å². The molecule has 4 rings (SSSR count). The Balaban J connectivity index is 1.21. The van der Waals surface area contributed by atoms with Crippen LogP contribution in [0.25, 0.3) is 0 Å². The van der Waals surface area contributed by atoms with E-state index in [9.17, 15) is 14.4 Å². The number of amides is 1. The molecule has 0 heterocycles. The molecule has 1 amide bonds. The van der Waals surface area contributed by atoms with Gasteiger partial charge in [-0.3, -0.25) is 4.79 Å². The van der Waals surface area contributed by atoms with E-state index in [2.05, 4.69) is 66.4 Å². The summed E-state index contributed by atoms with van der Waals surface area (Å²) in [6, 6.07) is 29.3. The van der Waals surface area contributed by atoms with Crippen LogP contribution in [0.4, 0.5) is 5.69 Å². The van der Waals surface area contributed by atoms with Crippen LogP contribution < -0.4 is 5.32 Å². The van der Waals surface area contributed by atoms with E-state index in [0.717, 1.165) is 75.6 Å². The molecule has 0 fully saturated rings. The lowest BCUT2D eigenvalue weighted by Gasteiger charge is -2.09. The maximum absolute atomic E-state index is 13.0. The molecule has 4 aromatic carbocycles. The number of carbonyl (C=O) groups excluding carboxylic acids is 3. The van der Waals surface area contributed by atoms with Crippen LogP contribution in [-0.4, -0.2) is 42.6 Å². The van der Waals surface area contributed by atoms with Crippen molar-refractivity contribution in [2.75, 3.05) is 30.0 Å². The van der Waals surface area contributed by atoms with E-state index >= 15 is 0 Å². The van der Waals surface area contributed by atoms with Gasteiger partial charge in [0.15, 0.2) is 0 Å². The Morgan fingerprint density at radius 1 is 0.615 bits per heavy atom. The highest BCUT2D eigenvalue weighted by Crippen LogP contribution is 2.22. The van der Waals surface area contributed by atoms with E-state index < -0.39 is 0 Å². The number of esters is 2. The van der Waals surface area contributed by atoms with Crippen LogP contribution in [0.3, 0.4) is 0 Å². The Morgan fingerprint density at radius 2 is 1.04 bits per heavy atom. The van der Waals surface area contributed by atoms with Crippen molar-refractivity contribution in [2.24, 2.45) is 0 Å². The van der Waals surface area contributed by atoms with Crippen molar-refractivity contribution in [1.29, 1.82) is 0 Å². The van der Waals surface area contributed by atoms with E-state index in [4.69, 9.17) is 9.47 Å². The lowest BCUT2D eigenvalue weighted by Crippen LogP contribution is -2.12. The fourth-order valence-electron chi connectivity index (χ4n) is 4.59. The highest BCUT2D eigenvalue weighted by atomic mass is 32.2. The summed E-state index contributed by atoms with van der Waals surface area (Å²) in [5, 5.41) is 3.01. The molecule has 264 valence electrons. The van der Waals surface area contributed by atoms with Gasteiger partial charge in [0.05, 0.1) is 13.2 Å². The van der Waals surface area contributed by atoms with E-state index in [-0.39, 0.29) is 17.8 Å². The predicted octanol–water partition coefficient (Wildman–Crippen LogP) is 9.25. The van der Waals surface area contributed by atoms with Gasteiger partial charge in [-0.2, -0.15) is 0 Å². The van der Waals surface area contributed by atoms with Crippen LogP contribution in [0.5, 0.6) is 0 Å². The molecule has 0 aromatic heterocycles. The molecule has 0 bridgehead atoms. The molecule has 0 radical (unpaired) electrons. The average molecular weight is 728 g/mol. The van der Waals surface area contributed by atoms with E-state index in [1.165, 1.54) is 17.0 Å². The average Bonchev–Trinajstić information content (AvgIpc) is 3.17. The third-order valence-electron chi connectivity index (χ3n) is 7.47. The Hall–Kier alpha value is -5.41. The fourth-order valence-corrected chi connectivity index (χ4v) is 6.42. The maximum Gasteiger partial charge on any atom is 0.330 e. The smallest absolute Gasteiger partial charge is 0.330 e. The Kier molecular flexibility index (Phi) is 16.5. The zero-order valence-corrected chi connectivity index (χ0v) is 30.9. The Labute approximate surface area is 315 Å². The third kappa shape index (κ3) is 14.1. The van der Waals surface area contributed by atoms with E-state index in [1.807, 2.05) is 61.5 Å². The van der Waals surface area contributed by atoms with Gasteiger partial charge >= 0.3 is 11.9 Å². The van der Waals surface area contributed by atoms with Crippen molar-refractivity contribution >= 4 is 47.1 Å². The summed E-state index contributed by atoms with van der Waals surface area (Å²) >= 11 is 3.52. The number of anilines is 1. The second-order valence-corrected chi connectivity index (χ2v) is 13.8. The number of hydrogen-bond acceptors (Lipinski definition) is 7. The molecule has 6 nitrogen and oxygen atoms in total. The first-order chi connectivity index (χ1) is 25.3. The number of aryl methyl sites for hydroxylation is 1. The number of carbonyl (C=O) groups is 3. The molecule has 0 spiro atoms. The summed E-state index contributed by atoms with van der Waals surface area (Å²) in [4.78, 5) is 37.5. The highest BCUT2D eigenvalue weighted by Gasteiger charge is 2.08. The molecule has 0 saturated heterocycles. The van der Waals surface area contributed by atoms with Crippen LogP contribution in [0.2, 0.25) is 0 Å². The number of ether oxygens (including phenoxy) is 2. The van der Waals surface area contributed by atoms with Gasteiger partial charge in [-0.1, -0.05) is 36.8 Å². The minimum Gasteiger partial charge on any atom is -0.463 e. The Bertz CT molecular complexity index is 1960. The van der Waals surface area contributed by atoms with Crippen molar-refractivity contribution in [2.45, 2.75) is 42.4 Å². The van der Waals surface area contributed by atoms with Crippen LogP contribution in [0.15, 0.2) is 126 Å². The van der Waals surface area contributed by atoms with Crippen molar-refractivity contribution in [1.82, 2.24) is 0 Å². The topological polar surface area (TPSA) is 81.7 Å². The van der Waals surface area contributed by atoms with E-state index in [1.54, 1.807) is 35.7 Å². The largest absolute Gasteiger partial charge is 0.463 e. The Morgan fingerprint density at radius 3 is 1.48 bits per heavy atom. The lowest BCUT2D eigenvalue weighted by molar-refractivity contribution is -0.138. The quantitative estimate of drug-likeness (QED) is 0.0405. The molecule has 8 heteroatoms. The number of rotatable bonds is 16. The molecule has 52 heavy (non-hydrogen) atoms. The SMILES string of the molecule is C=CC(=O)OCCCCSc1ccc(C#Cc2ccc(C(=O)Nc3ccc(C#Cc4ccc(SCCCCOC(=O)C=C)cc4)cc3C)cc2)cc1. The first-order valence-corrected chi connectivity index (χ1v) is 18.9. The molecule has 4 aromatic rings. The molecule has 0 saturated carbocycles. The third-order valence-corrected chi connectivity index (χ3v) is 9.67. The maximum atomic E-state index is 13.0. The first kappa shape index (κ1) is 39.4. The van der Waals surface area contributed by atoms with Gasteiger partial charge in [0, 0.05) is 55.4 Å². The van der Waals surface area contributed by atoms with Crippen LogP contribution in [0, 0.1) is 30.6 Å². The van der Waals surface area contributed by atoms with E-state index in [0.29, 0.717) is 18.8 Å². The molecule has 0 aliphatic rings.